The second kappa shape index (κ2) is 10.0. The molecule has 2 rings (SSSR count). The number of hydrogen-bond acceptors (Lipinski definition) is 3. The van der Waals surface area contributed by atoms with Crippen LogP contribution >= 0.6 is 0 Å². The van der Waals surface area contributed by atoms with Crippen LogP contribution in [0.2, 0.25) is 0 Å². The van der Waals surface area contributed by atoms with Crippen LogP contribution < -0.4 is 10.6 Å². The minimum Gasteiger partial charge on any atom is -0.376 e. The first-order chi connectivity index (χ1) is 11.3. The van der Waals surface area contributed by atoms with Crippen LogP contribution in [0.3, 0.4) is 0 Å². The molecule has 126 valence electrons. The summed E-state index contributed by atoms with van der Waals surface area (Å²) in [6, 6.07) is 9.19. The van der Waals surface area contributed by atoms with Crippen LogP contribution in [0.1, 0.15) is 48.9 Å². The van der Waals surface area contributed by atoms with E-state index in [4.69, 9.17) is 4.74 Å². The lowest BCUT2D eigenvalue weighted by Crippen LogP contribution is -2.31. The quantitative estimate of drug-likeness (QED) is 0.686. The van der Waals surface area contributed by atoms with E-state index in [-0.39, 0.29) is 17.9 Å². The molecule has 1 fully saturated rings. The van der Waals surface area contributed by atoms with E-state index in [2.05, 4.69) is 10.6 Å². The van der Waals surface area contributed by atoms with Gasteiger partial charge >= 0.3 is 0 Å². The van der Waals surface area contributed by atoms with Gasteiger partial charge in [-0.15, -0.1) is 0 Å². The summed E-state index contributed by atoms with van der Waals surface area (Å²) in [5.74, 6) is 0.0497. The summed E-state index contributed by atoms with van der Waals surface area (Å²) in [6.45, 7) is 2.09. The Morgan fingerprint density at radius 1 is 1.09 bits per heavy atom. The first kappa shape index (κ1) is 17.5. The van der Waals surface area contributed by atoms with Gasteiger partial charge in [-0.1, -0.05) is 24.6 Å². The zero-order valence-electron chi connectivity index (χ0n) is 13.6. The van der Waals surface area contributed by atoms with Crippen molar-refractivity contribution in [1.29, 1.82) is 0 Å². The first-order valence-electron chi connectivity index (χ1n) is 8.47. The molecule has 0 aliphatic carbocycles. The second-order valence-corrected chi connectivity index (χ2v) is 5.87. The van der Waals surface area contributed by atoms with Crippen LogP contribution in [0.25, 0.3) is 0 Å². The zero-order chi connectivity index (χ0) is 16.3. The van der Waals surface area contributed by atoms with E-state index in [1.54, 1.807) is 12.1 Å². The molecule has 2 amide bonds. The van der Waals surface area contributed by atoms with Gasteiger partial charge in [0.05, 0.1) is 6.10 Å². The Balaban J connectivity index is 1.46. The first-order valence-corrected chi connectivity index (χ1v) is 8.47. The average Bonchev–Trinajstić information content (AvgIpc) is 3.10. The van der Waals surface area contributed by atoms with Gasteiger partial charge in [0, 0.05) is 31.7 Å². The van der Waals surface area contributed by atoms with Crippen molar-refractivity contribution >= 4 is 11.8 Å². The molecule has 1 unspecified atom stereocenters. The molecule has 5 nitrogen and oxygen atoms in total. The highest BCUT2D eigenvalue weighted by Crippen LogP contribution is 2.10. The number of carbonyl (C=O) groups excluding carboxylic acids is 2. The Hall–Kier alpha value is -1.88. The maximum Gasteiger partial charge on any atom is 0.251 e. The molecule has 1 heterocycles. The summed E-state index contributed by atoms with van der Waals surface area (Å²) in [7, 11) is 0. The normalized spacial score (nSPS) is 17.0. The Labute approximate surface area is 137 Å². The van der Waals surface area contributed by atoms with Crippen molar-refractivity contribution in [3.05, 3.63) is 35.9 Å². The molecule has 23 heavy (non-hydrogen) atoms. The molecule has 5 heteroatoms. The second-order valence-electron chi connectivity index (χ2n) is 5.87. The summed E-state index contributed by atoms with van der Waals surface area (Å²) < 4.78 is 5.46. The number of benzene rings is 1. The highest BCUT2D eigenvalue weighted by Gasteiger charge is 2.15. The van der Waals surface area contributed by atoms with E-state index >= 15 is 0 Å². The topological polar surface area (TPSA) is 67.4 Å². The fourth-order valence-corrected chi connectivity index (χ4v) is 2.60. The van der Waals surface area contributed by atoms with Gasteiger partial charge < -0.3 is 15.4 Å². The molecule has 2 N–H and O–H groups in total. The molecule has 0 radical (unpaired) electrons. The number of carbonyl (C=O) groups is 2. The maximum absolute atomic E-state index is 11.8. The molecule has 0 saturated carbocycles. The van der Waals surface area contributed by atoms with Crippen LogP contribution in [-0.4, -0.2) is 37.6 Å². The van der Waals surface area contributed by atoms with Crippen molar-refractivity contribution < 1.29 is 14.3 Å². The van der Waals surface area contributed by atoms with E-state index in [1.807, 2.05) is 18.2 Å². The zero-order valence-corrected chi connectivity index (χ0v) is 13.6. The van der Waals surface area contributed by atoms with Crippen LogP contribution in [0.5, 0.6) is 0 Å². The van der Waals surface area contributed by atoms with Gasteiger partial charge in [0.15, 0.2) is 0 Å². The summed E-state index contributed by atoms with van der Waals surface area (Å²) in [6.07, 6.45) is 5.54. The van der Waals surface area contributed by atoms with E-state index < -0.39 is 0 Å². The molecule has 1 atom stereocenters. The third kappa shape index (κ3) is 6.82. The SMILES string of the molecule is O=C(CCCCCNC(=O)c1ccccc1)NCC1CCCO1. The Bertz CT molecular complexity index is 484. The van der Waals surface area contributed by atoms with Gasteiger partial charge in [0.2, 0.25) is 5.91 Å². The Morgan fingerprint density at radius 3 is 2.65 bits per heavy atom. The van der Waals surface area contributed by atoms with Gasteiger partial charge in [-0.25, -0.2) is 0 Å². The summed E-state index contributed by atoms with van der Waals surface area (Å²) >= 11 is 0. The van der Waals surface area contributed by atoms with Crippen molar-refractivity contribution in [1.82, 2.24) is 10.6 Å². The number of hydrogen-bond donors (Lipinski definition) is 2. The van der Waals surface area contributed by atoms with Gasteiger partial charge in [-0.05, 0) is 37.8 Å². The highest BCUT2D eigenvalue weighted by molar-refractivity contribution is 5.94. The fourth-order valence-electron chi connectivity index (χ4n) is 2.60. The number of nitrogens with one attached hydrogen (secondary N) is 2. The van der Waals surface area contributed by atoms with Crippen LogP contribution in [0.15, 0.2) is 30.3 Å². The lowest BCUT2D eigenvalue weighted by molar-refractivity contribution is -0.121. The van der Waals surface area contributed by atoms with Crippen molar-refractivity contribution in [3.8, 4) is 0 Å². The summed E-state index contributed by atoms with van der Waals surface area (Å²) in [4.78, 5) is 23.5. The molecule has 1 aliphatic heterocycles. The number of amides is 2. The van der Waals surface area contributed by atoms with Crippen molar-refractivity contribution in [3.63, 3.8) is 0 Å². The van der Waals surface area contributed by atoms with E-state index in [9.17, 15) is 9.59 Å². The lowest BCUT2D eigenvalue weighted by atomic mass is 10.1. The molecular formula is C18H26N2O3. The monoisotopic (exact) mass is 318 g/mol. The highest BCUT2D eigenvalue weighted by atomic mass is 16.5. The largest absolute Gasteiger partial charge is 0.376 e. The minimum absolute atomic E-state index is 0.0418. The van der Waals surface area contributed by atoms with E-state index in [1.165, 1.54) is 0 Å². The molecule has 1 aromatic carbocycles. The minimum atomic E-state index is -0.0418. The van der Waals surface area contributed by atoms with Crippen LogP contribution in [-0.2, 0) is 9.53 Å². The summed E-state index contributed by atoms with van der Waals surface area (Å²) in [5.41, 5.74) is 0.681. The van der Waals surface area contributed by atoms with Gasteiger partial charge in [0.1, 0.15) is 0 Å². The predicted molar refractivity (Wildman–Crippen MR) is 89.2 cm³/mol. The fraction of sp³-hybridized carbons (Fsp3) is 0.556. The molecular weight excluding hydrogens is 292 g/mol. The summed E-state index contributed by atoms with van der Waals surface area (Å²) in [5, 5.41) is 5.81. The molecule has 0 spiro atoms. The third-order valence-corrected chi connectivity index (χ3v) is 3.95. The lowest BCUT2D eigenvalue weighted by Gasteiger charge is -2.10. The third-order valence-electron chi connectivity index (χ3n) is 3.95. The maximum atomic E-state index is 11.8. The van der Waals surface area contributed by atoms with Crippen molar-refractivity contribution in [2.45, 2.75) is 44.6 Å². The predicted octanol–water partition coefficient (Wildman–Crippen LogP) is 2.27. The standard InChI is InChI=1S/C18H26N2O3/c21-17(20-14-16-10-7-13-23-16)11-5-2-6-12-19-18(22)15-8-3-1-4-9-15/h1,3-4,8-9,16H,2,5-7,10-14H2,(H,19,22)(H,20,21). The number of ether oxygens (including phenoxy) is 1. The van der Waals surface area contributed by atoms with Crippen molar-refractivity contribution in [2.75, 3.05) is 19.7 Å². The average molecular weight is 318 g/mol. The molecule has 1 aromatic rings. The number of rotatable bonds is 9. The van der Waals surface area contributed by atoms with E-state index in [0.29, 0.717) is 25.1 Å². The van der Waals surface area contributed by atoms with Gasteiger partial charge in [0.25, 0.3) is 5.91 Å². The van der Waals surface area contributed by atoms with Crippen molar-refractivity contribution in [2.24, 2.45) is 0 Å². The molecule has 1 aliphatic rings. The van der Waals surface area contributed by atoms with Crippen LogP contribution in [0.4, 0.5) is 0 Å². The number of unbranched alkanes of at least 4 members (excludes halogenated alkanes) is 2. The molecule has 1 saturated heterocycles. The van der Waals surface area contributed by atoms with Crippen LogP contribution in [0, 0.1) is 0 Å². The molecule has 0 bridgehead atoms. The smallest absolute Gasteiger partial charge is 0.251 e. The Morgan fingerprint density at radius 2 is 1.91 bits per heavy atom. The molecule has 0 aromatic heterocycles. The Kier molecular flexibility index (Phi) is 7.60. The van der Waals surface area contributed by atoms with Gasteiger partial charge in [-0.3, -0.25) is 9.59 Å². The van der Waals surface area contributed by atoms with E-state index in [0.717, 1.165) is 38.7 Å². The van der Waals surface area contributed by atoms with Gasteiger partial charge in [-0.2, -0.15) is 0 Å².